The SMILES string of the molecule is NC(=O)CCC(NC(=O)CNC(=O)C(Cc1ccccc1)NC(=O)CNC(=O)Cc1ccccc1)C(O)C(F)(F)F. The van der Waals surface area contributed by atoms with Gasteiger partial charge in [0.2, 0.25) is 29.5 Å². The first-order valence-corrected chi connectivity index (χ1v) is 12.6. The van der Waals surface area contributed by atoms with Crippen LogP contribution in [0.15, 0.2) is 60.7 Å². The molecule has 0 aliphatic carbocycles. The van der Waals surface area contributed by atoms with Gasteiger partial charge < -0.3 is 32.1 Å². The molecule has 0 bridgehead atoms. The zero-order valence-corrected chi connectivity index (χ0v) is 21.9. The molecule has 2 rings (SSSR count). The normalized spacial score (nSPS) is 13.3. The molecule has 11 nitrogen and oxygen atoms in total. The van der Waals surface area contributed by atoms with Gasteiger partial charge in [0.1, 0.15) is 6.04 Å². The lowest BCUT2D eigenvalue weighted by atomic mass is 10.0. The van der Waals surface area contributed by atoms with Crippen LogP contribution in [-0.2, 0) is 36.8 Å². The lowest BCUT2D eigenvalue weighted by Crippen LogP contribution is -2.54. The highest BCUT2D eigenvalue weighted by molar-refractivity contribution is 5.92. The Morgan fingerprint density at radius 1 is 0.780 bits per heavy atom. The third-order valence-corrected chi connectivity index (χ3v) is 5.78. The number of carbonyl (C=O) groups is 5. The molecule has 2 aromatic carbocycles. The lowest BCUT2D eigenvalue weighted by Gasteiger charge is -2.26. The van der Waals surface area contributed by atoms with E-state index in [0.29, 0.717) is 5.56 Å². The van der Waals surface area contributed by atoms with Gasteiger partial charge in [-0.3, -0.25) is 24.0 Å². The molecule has 0 fully saturated rings. The molecule has 41 heavy (non-hydrogen) atoms. The molecule has 3 atom stereocenters. The van der Waals surface area contributed by atoms with Gasteiger partial charge >= 0.3 is 6.18 Å². The topological polar surface area (TPSA) is 180 Å². The number of aliphatic hydroxyl groups is 1. The van der Waals surface area contributed by atoms with Crippen molar-refractivity contribution >= 4 is 29.5 Å². The molecule has 3 unspecified atom stereocenters. The van der Waals surface area contributed by atoms with E-state index in [4.69, 9.17) is 5.73 Å². The first-order valence-electron chi connectivity index (χ1n) is 12.6. The fourth-order valence-electron chi connectivity index (χ4n) is 3.71. The predicted molar refractivity (Wildman–Crippen MR) is 141 cm³/mol. The van der Waals surface area contributed by atoms with Crippen LogP contribution in [0.4, 0.5) is 13.2 Å². The van der Waals surface area contributed by atoms with Crippen LogP contribution in [-0.4, -0.2) is 72.1 Å². The molecular formula is C27H32F3N5O6. The van der Waals surface area contributed by atoms with Gasteiger partial charge in [-0.05, 0) is 17.5 Å². The van der Waals surface area contributed by atoms with Gasteiger partial charge in [-0.15, -0.1) is 0 Å². The second-order valence-electron chi connectivity index (χ2n) is 9.13. The van der Waals surface area contributed by atoms with Crippen molar-refractivity contribution < 1.29 is 42.3 Å². The van der Waals surface area contributed by atoms with Gasteiger partial charge in [-0.25, -0.2) is 0 Å². The fraction of sp³-hybridized carbons (Fsp3) is 0.370. The number of primary amides is 1. The van der Waals surface area contributed by atoms with E-state index >= 15 is 0 Å². The van der Waals surface area contributed by atoms with E-state index in [1.54, 1.807) is 60.7 Å². The maximum atomic E-state index is 13.0. The number of benzene rings is 2. The molecule has 0 saturated heterocycles. The Bertz CT molecular complexity index is 1180. The standard InChI is InChI=1S/C27H32F3N5O6/c28-27(29,30)25(40)19(11-12-21(31)36)34-24(39)16-33-26(41)20(13-17-7-3-1-4-8-17)35-23(38)15-32-22(37)14-18-9-5-2-6-10-18/h1-10,19-20,25,40H,11-16H2,(H2,31,36)(H,32,37)(H,33,41)(H,34,39)(H,35,38). The summed E-state index contributed by atoms with van der Waals surface area (Å²) in [5.74, 6) is -3.93. The molecule has 14 heteroatoms. The zero-order chi connectivity index (χ0) is 30.4. The largest absolute Gasteiger partial charge is 0.416 e. The highest BCUT2D eigenvalue weighted by Crippen LogP contribution is 2.24. The average Bonchev–Trinajstić information content (AvgIpc) is 2.92. The predicted octanol–water partition coefficient (Wildman–Crippen LogP) is -0.137. The molecule has 5 amide bonds. The van der Waals surface area contributed by atoms with Gasteiger partial charge in [0.15, 0.2) is 6.10 Å². The van der Waals surface area contributed by atoms with Crippen LogP contribution in [0.1, 0.15) is 24.0 Å². The summed E-state index contributed by atoms with van der Waals surface area (Å²) in [6, 6.07) is 14.3. The number of aliphatic hydroxyl groups excluding tert-OH is 1. The molecule has 0 spiro atoms. The number of hydrogen-bond acceptors (Lipinski definition) is 6. The molecule has 222 valence electrons. The van der Waals surface area contributed by atoms with Gasteiger partial charge in [0, 0.05) is 12.8 Å². The summed E-state index contributed by atoms with van der Waals surface area (Å²) in [4.78, 5) is 60.9. The van der Waals surface area contributed by atoms with E-state index in [1.807, 2.05) is 5.32 Å². The number of rotatable bonds is 15. The first kappa shape index (κ1) is 32.8. The molecule has 2 aromatic rings. The van der Waals surface area contributed by atoms with Crippen LogP contribution in [0.3, 0.4) is 0 Å². The number of halogens is 3. The van der Waals surface area contributed by atoms with Gasteiger partial charge in [0.05, 0.1) is 25.6 Å². The van der Waals surface area contributed by atoms with E-state index in [0.717, 1.165) is 5.56 Å². The maximum Gasteiger partial charge on any atom is 0.416 e. The molecule has 0 aromatic heterocycles. The molecule has 0 saturated carbocycles. The van der Waals surface area contributed by atoms with Crippen molar-refractivity contribution in [2.24, 2.45) is 5.73 Å². The summed E-state index contributed by atoms with van der Waals surface area (Å²) in [6.45, 7) is -1.22. The van der Waals surface area contributed by atoms with Gasteiger partial charge in [0.25, 0.3) is 0 Å². The van der Waals surface area contributed by atoms with Crippen LogP contribution in [0, 0.1) is 0 Å². The number of nitrogens with two attached hydrogens (primary N) is 1. The highest BCUT2D eigenvalue weighted by atomic mass is 19.4. The van der Waals surface area contributed by atoms with Gasteiger partial charge in [-0.2, -0.15) is 13.2 Å². The summed E-state index contributed by atoms with van der Waals surface area (Å²) in [5, 5.41) is 18.7. The third kappa shape index (κ3) is 12.5. The number of carbonyl (C=O) groups excluding carboxylic acids is 5. The van der Waals surface area contributed by atoms with E-state index in [2.05, 4.69) is 16.0 Å². The summed E-state index contributed by atoms with van der Waals surface area (Å²) in [6.07, 6.45) is -9.12. The van der Waals surface area contributed by atoms with Crippen molar-refractivity contribution in [1.82, 2.24) is 21.3 Å². The average molecular weight is 580 g/mol. The molecule has 0 aliphatic heterocycles. The number of amides is 5. The Hall–Kier alpha value is -4.46. The Kier molecular flexibility index (Phi) is 12.7. The first-order chi connectivity index (χ1) is 19.3. The molecular weight excluding hydrogens is 547 g/mol. The summed E-state index contributed by atoms with van der Waals surface area (Å²) >= 11 is 0. The Labute approximate surface area is 234 Å². The second-order valence-corrected chi connectivity index (χ2v) is 9.13. The van der Waals surface area contributed by atoms with Crippen molar-refractivity contribution in [1.29, 1.82) is 0 Å². The maximum absolute atomic E-state index is 13.0. The van der Waals surface area contributed by atoms with Crippen molar-refractivity contribution in [3.05, 3.63) is 71.8 Å². The van der Waals surface area contributed by atoms with Crippen molar-refractivity contribution in [3.8, 4) is 0 Å². The van der Waals surface area contributed by atoms with E-state index in [1.165, 1.54) is 0 Å². The van der Waals surface area contributed by atoms with Crippen LogP contribution in [0.2, 0.25) is 0 Å². The van der Waals surface area contributed by atoms with Crippen molar-refractivity contribution in [2.75, 3.05) is 13.1 Å². The van der Waals surface area contributed by atoms with Crippen LogP contribution in [0.5, 0.6) is 0 Å². The lowest BCUT2D eigenvalue weighted by molar-refractivity contribution is -0.212. The fourth-order valence-corrected chi connectivity index (χ4v) is 3.71. The highest BCUT2D eigenvalue weighted by Gasteiger charge is 2.44. The third-order valence-electron chi connectivity index (χ3n) is 5.78. The summed E-state index contributed by atoms with van der Waals surface area (Å²) in [5.41, 5.74) is 6.36. The second kappa shape index (κ2) is 16.0. The quantitative estimate of drug-likeness (QED) is 0.171. The molecule has 7 N–H and O–H groups in total. The minimum Gasteiger partial charge on any atom is -0.382 e. The van der Waals surface area contributed by atoms with Crippen molar-refractivity contribution in [3.63, 3.8) is 0 Å². The smallest absolute Gasteiger partial charge is 0.382 e. The van der Waals surface area contributed by atoms with E-state index < -0.39 is 79.8 Å². The molecule has 0 heterocycles. The minimum atomic E-state index is -5.08. The minimum absolute atomic E-state index is 0.00597. The number of hydrogen-bond donors (Lipinski definition) is 6. The van der Waals surface area contributed by atoms with Crippen molar-refractivity contribution in [2.45, 2.75) is 50.0 Å². The summed E-state index contributed by atoms with van der Waals surface area (Å²) < 4.78 is 39.0. The van der Waals surface area contributed by atoms with Gasteiger partial charge in [-0.1, -0.05) is 60.7 Å². The number of alkyl halides is 3. The van der Waals surface area contributed by atoms with Crippen LogP contribution >= 0.6 is 0 Å². The van der Waals surface area contributed by atoms with E-state index in [-0.39, 0.29) is 12.8 Å². The Balaban J connectivity index is 1.98. The Morgan fingerprint density at radius 2 is 1.32 bits per heavy atom. The Morgan fingerprint density at radius 3 is 1.88 bits per heavy atom. The van der Waals surface area contributed by atoms with E-state index in [9.17, 15) is 42.3 Å². The summed E-state index contributed by atoms with van der Waals surface area (Å²) in [7, 11) is 0. The van der Waals surface area contributed by atoms with Crippen LogP contribution < -0.4 is 27.0 Å². The monoisotopic (exact) mass is 579 g/mol. The molecule has 0 radical (unpaired) electrons. The number of nitrogens with one attached hydrogen (secondary N) is 4. The zero-order valence-electron chi connectivity index (χ0n) is 21.9. The molecule has 0 aliphatic rings. The van der Waals surface area contributed by atoms with Crippen LogP contribution in [0.25, 0.3) is 0 Å².